The average molecular weight is 488 g/mol. The van der Waals surface area contributed by atoms with Gasteiger partial charge in [0.25, 0.3) is 16.4 Å². The third-order valence-electron chi connectivity index (χ3n) is 6.01. The number of benzene rings is 1. The van der Waals surface area contributed by atoms with Gasteiger partial charge in [-0.15, -0.1) is 0 Å². The van der Waals surface area contributed by atoms with Crippen LogP contribution < -0.4 is 10.5 Å². The molecule has 34 heavy (non-hydrogen) atoms. The van der Waals surface area contributed by atoms with E-state index in [1.807, 2.05) is 0 Å². The van der Waals surface area contributed by atoms with Crippen molar-refractivity contribution in [3.8, 4) is 5.75 Å². The Morgan fingerprint density at radius 3 is 2.53 bits per heavy atom. The summed E-state index contributed by atoms with van der Waals surface area (Å²) in [5.74, 6) is 0.410. The summed E-state index contributed by atoms with van der Waals surface area (Å²) < 4.78 is 60.0. The molecule has 1 fully saturated rings. The van der Waals surface area contributed by atoms with Gasteiger partial charge >= 0.3 is 0 Å². The summed E-state index contributed by atoms with van der Waals surface area (Å²) >= 11 is 0. The summed E-state index contributed by atoms with van der Waals surface area (Å²) in [5.41, 5.74) is 6.74. The number of nitrogens with zero attached hydrogens (tertiary/aromatic N) is 4. The van der Waals surface area contributed by atoms with Gasteiger partial charge in [-0.25, -0.2) is 31.1 Å². The summed E-state index contributed by atoms with van der Waals surface area (Å²) in [5, 5.41) is 1.07. The lowest BCUT2D eigenvalue weighted by Gasteiger charge is -2.32. The van der Waals surface area contributed by atoms with E-state index in [1.54, 1.807) is 35.2 Å². The van der Waals surface area contributed by atoms with Crippen LogP contribution in [0.15, 0.2) is 59.8 Å². The van der Waals surface area contributed by atoms with Crippen LogP contribution in [0.2, 0.25) is 0 Å². The molecule has 0 unspecified atom stereocenters. The third kappa shape index (κ3) is 3.94. The number of fused-ring (bicyclic) bond motifs is 3. The first-order valence-electron chi connectivity index (χ1n) is 10.9. The minimum atomic E-state index is -3.99. The normalized spacial score (nSPS) is 16.0. The molecule has 1 saturated heterocycles. The molecule has 0 atom stereocenters. The Morgan fingerprint density at radius 2 is 1.82 bits per heavy atom. The summed E-state index contributed by atoms with van der Waals surface area (Å²) in [6.45, 7) is 0.691. The van der Waals surface area contributed by atoms with Crippen LogP contribution in [-0.4, -0.2) is 59.4 Å². The van der Waals surface area contributed by atoms with Crippen LogP contribution in [0.1, 0.15) is 12.8 Å². The molecule has 1 aromatic carbocycles. The lowest BCUT2D eigenvalue weighted by Crippen LogP contribution is -2.40. The van der Waals surface area contributed by atoms with Crippen LogP contribution in [0.5, 0.6) is 5.75 Å². The highest BCUT2D eigenvalue weighted by atomic mass is 32.2. The Labute approximate surface area is 195 Å². The first kappa shape index (κ1) is 22.5. The van der Waals surface area contributed by atoms with Crippen molar-refractivity contribution in [1.82, 2.24) is 18.8 Å². The zero-order valence-electron chi connectivity index (χ0n) is 18.1. The van der Waals surface area contributed by atoms with Crippen molar-refractivity contribution in [3.05, 3.63) is 54.9 Å². The number of likely N-dealkylation sites (tertiary alicyclic amines) is 1. The molecule has 2 N–H and O–H groups in total. The Kier molecular flexibility index (Phi) is 5.82. The number of piperidine rings is 1. The Morgan fingerprint density at radius 1 is 1.09 bits per heavy atom. The molecule has 0 amide bonds. The van der Waals surface area contributed by atoms with Crippen LogP contribution >= 0.6 is 0 Å². The molecule has 0 spiro atoms. The van der Waals surface area contributed by atoms with Gasteiger partial charge in [0.2, 0.25) is 0 Å². The predicted molar refractivity (Wildman–Crippen MR) is 125 cm³/mol. The quantitative estimate of drug-likeness (QED) is 0.444. The predicted octanol–water partition coefficient (Wildman–Crippen LogP) is 3.51. The molecule has 0 bridgehead atoms. The molecule has 1 aliphatic heterocycles. The van der Waals surface area contributed by atoms with E-state index in [0.29, 0.717) is 42.2 Å². The smallest absolute Gasteiger partial charge is 0.269 e. The van der Waals surface area contributed by atoms with Gasteiger partial charge in [0.05, 0.1) is 28.5 Å². The minimum absolute atomic E-state index is 0.116. The fraction of sp³-hybridized carbons (Fsp3) is 0.304. The molecule has 5 rings (SSSR count). The van der Waals surface area contributed by atoms with Crippen molar-refractivity contribution in [3.63, 3.8) is 0 Å². The van der Waals surface area contributed by atoms with Crippen molar-refractivity contribution in [2.24, 2.45) is 0 Å². The van der Waals surface area contributed by atoms with Gasteiger partial charge < -0.3 is 10.5 Å². The zero-order chi connectivity index (χ0) is 23.9. The Bertz CT molecular complexity index is 1440. The number of alkyl halides is 2. The van der Waals surface area contributed by atoms with Crippen molar-refractivity contribution in [2.45, 2.75) is 30.3 Å². The molecule has 0 saturated carbocycles. The molecule has 11 heteroatoms. The summed E-state index contributed by atoms with van der Waals surface area (Å²) in [7, 11) is -3.99. The maximum Gasteiger partial charge on any atom is 0.269 e. The first-order chi connectivity index (χ1) is 16.4. The van der Waals surface area contributed by atoms with Crippen molar-refractivity contribution in [1.29, 1.82) is 0 Å². The zero-order valence-corrected chi connectivity index (χ0v) is 19.0. The number of hydrogen-bond donors (Lipinski definition) is 1. The maximum absolute atomic E-state index is 13.6. The van der Waals surface area contributed by atoms with Crippen LogP contribution in [0.4, 0.5) is 14.6 Å². The van der Waals surface area contributed by atoms with Crippen LogP contribution in [0.25, 0.3) is 21.9 Å². The Hall–Kier alpha value is -3.31. The standard InChI is InChI=1S/C23H23F2N5O3S/c24-19(25)14-29-11-8-15(9-12-29)33-21-20-17-7-4-10-27-23(17)30(18(20)13-28-22(21)26)34(31,32)16-5-2-1-3-6-16/h1-7,10,13,15,19H,8-9,11-12,14H2,(H2,26,28). The van der Waals surface area contributed by atoms with E-state index in [4.69, 9.17) is 10.5 Å². The highest BCUT2D eigenvalue weighted by Crippen LogP contribution is 2.40. The molecule has 1 aliphatic rings. The van der Waals surface area contributed by atoms with E-state index in [-0.39, 0.29) is 34.8 Å². The number of hydrogen-bond acceptors (Lipinski definition) is 7. The van der Waals surface area contributed by atoms with Gasteiger partial charge in [-0.05, 0) is 37.1 Å². The fourth-order valence-electron chi connectivity index (χ4n) is 4.41. The van der Waals surface area contributed by atoms with Crippen LogP contribution in [0.3, 0.4) is 0 Å². The van der Waals surface area contributed by atoms with Gasteiger partial charge in [0.1, 0.15) is 6.10 Å². The number of aromatic nitrogens is 3. The number of rotatable bonds is 6. The summed E-state index contributed by atoms with van der Waals surface area (Å²) in [4.78, 5) is 10.4. The van der Waals surface area contributed by atoms with Crippen LogP contribution in [0, 0.1) is 0 Å². The van der Waals surface area contributed by atoms with Crippen LogP contribution in [-0.2, 0) is 10.0 Å². The number of nitrogens with two attached hydrogens (primary N) is 1. The van der Waals surface area contributed by atoms with E-state index >= 15 is 0 Å². The number of nitrogen functional groups attached to an aromatic ring is 1. The monoisotopic (exact) mass is 487 g/mol. The van der Waals surface area contributed by atoms with Gasteiger partial charge in [-0.3, -0.25) is 4.90 Å². The number of halogens is 2. The van der Waals surface area contributed by atoms with Crippen molar-refractivity contribution in [2.75, 3.05) is 25.4 Å². The lowest BCUT2D eigenvalue weighted by molar-refractivity contribution is 0.0484. The summed E-state index contributed by atoms with van der Waals surface area (Å²) in [6, 6.07) is 11.6. The molecule has 0 aliphatic carbocycles. The number of anilines is 1. The molecule has 4 heterocycles. The number of ether oxygens (including phenoxy) is 1. The molecule has 3 aromatic heterocycles. The topological polar surface area (TPSA) is 103 Å². The highest BCUT2D eigenvalue weighted by Gasteiger charge is 2.29. The largest absolute Gasteiger partial charge is 0.486 e. The molecule has 4 aromatic rings. The van der Waals surface area contributed by atoms with Crippen molar-refractivity contribution < 1.29 is 21.9 Å². The molecule has 8 nitrogen and oxygen atoms in total. The third-order valence-corrected chi connectivity index (χ3v) is 7.72. The molecular weight excluding hydrogens is 464 g/mol. The van der Waals surface area contributed by atoms with Gasteiger partial charge in [0, 0.05) is 24.7 Å². The van der Waals surface area contributed by atoms with E-state index < -0.39 is 16.4 Å². The molecule has 178 valence electrons. The number of pyridine rings is 2. The average Bonchev–Trinajstić information content (AvgIpc) is 3.17. The van der Waals surface area contributed by atoms with Gasteiger partial charge in [0.15, 0.2) is 17.2 Å². The second-order valence-corrected chi connectivity index (χ2v) is 9.99. The highest BCUT2D eigenvalue weighted by molar-refractivity contribution is 7.90. The molecule has 0 radical (unpaired) electrons. The van der Waals surface area contributed by atoms with E-state index in [1.165, 1.54) is 24.5 Å². The van der Waals surface area contributed by atoms with Crippen molar-refractivity contribution >= 4 is 37.8 Å². The lowest BCUT2D eigenvalue weighted by atomic mass is 10.1. The minimum Gasteiger partial charge on any atom is -0.486 e. The van der Waals surface area contributed by atoms with E-state index in [9.17, 15) is 17.2 Å². The first-order valence-corrected chi connectivity index (χ1v) is 12.3. The second kappa shape index (κ2) is 8.80. The SMILES string of the molecule is Nc1ncc2c(c1OC1CCN(CC(F)F)CC1)c1cccnc1n2S(=O)(=O)c1ccccc1. The van der Waals surface area contributed by atoms with E-state index in [0.717, 1.165) is 3.97 Å². The van der Waals surface area contributed by atoms with E-state index in [2.05, 4.69) is 9.97 Å². The second-order valence-electron chi connectivity index (χ2n) is 8.20. The van der Waals surface area contributed by atoms with Gasteiger partial charge in [-0.2, -0.15) is 0 Å². The van der Waals surface area contributed by atoms with Gasteiger partial charge in [-0.1, -0.05) is 18.2 Å². The maximum atomic E-state index is 13.6. The molecular formula is C23H23F2N5O3S. The fourth-order valence-corrected chi connectivity index (χ4v) is 5.90. The summed E-state index contributed by atoms with van der Waals surface area (Å²) in [6.07, 6.45) is 1.38. The Balaban J connectivity index is 1.60.